The van der Waals surface area contributed by atoms with Crippen molar-refractivity contribution >= 4 is 5.69 Å². The van der Waals surface area contributed by atoms with Crippen molar-refractivity contribution in [3.8, 4) is 5.75 Å². The van der Waals surface area contributed by atoms with E-state index in [4.69, 9.17) is 9.47 Å². The standard InChI is InChI=1S/C16H25N3O2/c1-18-9-10-20-16(12-18)13-21-15-4-2-3-14(11-15)19-7-5-17-6-8-19/h2-4,11,16-17H,5-10,12-13H2,1H3. The highest BCUT2D eigenvalue weighted by molar-refractivity contribution is 5.51. The molecule has 1 aromatic rings. The maximum Gasteiger partial charge on any atom is 0.121 e. The number of likely N-dealkylation sites (N-methyl/N-ethyl adjacent to an activating group) is 1. The summed E-state index contributed by atoms with van der Waals surface area (Å²) in [6.45, 7) is 7.58. The Kier molecular flexibility index (Phi) is 4.95. The maximum absolute atomic E-state index is 5.93. The van der Waals surface area contributed by atoms with Crippen LogP contribution in [0.25, 0.3) is 0 Å². The Morgan fingerprint density at radius 2 is 2.14 bits per heavy atom. The molecule has 2 aliphatic rings. The number of hydrogen-bond donors (Lipinski definition) is 1. The lowest BCUT2D eigenvalue weighted by Crippen LogP contribution is -2.43. The van der Waals surface area contributed by atoms with Crippen molar-refractivity contribution < 1.29 is 9.47 Å². The molecule has 0 saturated carbocycles. The largest absolute Gasteiger partial charge is 0.491 e. The molecule has 2 saturated heterocycles. The molecule has 1 atom stereocenters. The summed E-state index contributed by atoms with van der Waals surface area (Å²) in [6, 6.07) is 8.39. The molecule has 1 N–H and O–H groups in total. The van der Waals surface area contributed by atoms with Crippen LogP contribution in [0.1, 0.15) is 0 Å². The van der Waals surface area contributed by atoms with Crippen molar-refractivity contribution in [3.63, 3.8) is 0 Å². The van der Waals surface area contributed by atoms with E-state index in [0.29, 0.717) is 6.61 Å². The Balaban J connectivity index is 1.55. The second kappa shape index (κ2) is 7.11. The summed E-state index contributed by atoms with van der Waals surface area (Å²) in [4.78, 5) is 4.68. The molecule has 0 spiro atoms. The number of hydrogen-bond acceptors (Lipinski definition) is 5. The van der Waals surface area contributed by atoms with Gasteiger partial charge in [-0.1, -0.05) is 6.07 Å². The third-order valence-corrected chi connectivity index (χ3v) is 4.08. The molecule has 21 heavy (non-hydrogen) atoms. The zero-order valence-corrected chi connectivity index (χ0v) is 12.8. The summed E-state index contributed by atoms with van der Waals surface area (Å²) in [5, 5.41) is 3.38. The number of benzene rings is 1. The second-order valence-electron chi connectivity index (χ2n) is 5.80. The second-order valence-corrected chi connectivity index (χ2v) is 5.80. The summed E-state index contributed by atoms with van der Waals surface area (Å²) in [5.41, 5.74) is 1.25. The quantitative estimate of drug-likeness (QED) is 0.888. The first-order valence-corrected chi connectivity index (χ1v) is 7.80. The van der Waals surface area contributed by atoms with Crippen LogP contribution in [-0.4, -0.2) is 70.5 Å². The average Bonchev–Trinajstić information content (AvgIpc) is 2.54. The molecule has 116 valence electrons. The maximum atomic E-state index is 5.93. The van der Waals surface area contributed by atoms with E-state index in [1.54, 1.807) is 0 Å². The number of rotatable bonds is 4. The lowest BCUT2D eigenvalue weighted by atomic mass is 10.2. The van der Waals surface area contributed by atoms with E-state index in [0.717, 1.165) is 51.6 Å². The number of ether oxygens (including phenoxy) is 2. The van der Waals surface area contributed by atoms with Gasteiger partial charge in [0.25, 0.3) is 0 Å². The SMILES string of the molecule is CN1CCOC(COc2cccc(N3CCNCC3)c2)C1. The highest BCUT2D eigenvalue weighted by Gasteiger charge is 2.18. The fourth-order valence-corrected chi connectivity index (χ4v) is 2.85. The molecule has 5 nitrogen and oxygen atoms in total. The minimum absolute atomic E-state index is 0.173. The van der Waals surface area contributed by atoms with Crippen LogP contribution in [0.15, 0.2) is 24.3 Å². The first-order chi connectivity index (χ1) is 10.3. The van der Waals surface area contributed by atoms with Crippen molar-refractivity contribution in [1.82, 2.24) is 10.2 Å². The van der Waals surface area contributed by atoms with Gasteiger partial charge in [-0.3, -0.25) is 0 Å². The van der Waals surface area contributed by atoms with Gasteiger partial charge in [-0.15, -0.1) is 0 Å². The van der Waals surface area contributed by atoms with Crippen LogP contribution in [0.2, 0.25) is 0 Å². The first kappa shape index (κ1) is 14.6. The van der Waals surface area contributed by atoms with Crippen molar-refractivity contribution in [3.05, 3.63) is 24.3 Å². The Hall–Kier alpha value is -1.30. The summed E-state index contributed by atoms with van der Waals surface area (Å²) < 4.78 is 11.7. The molecule has 3 rings (SSSR count). The first-order valence-electron chi connectivity index (χ1n) is 7.80. The van der Waals surface area contributed by atoms with Crippen molar-refractivity contribution in [2.75, 3.05) is 64.4 Å². The lowest BCUT2D eigenvalue weighted by molar-refractivity contribution is -0.0403. The van der Waals surface area contributed by atoms with Gasteiger partial charge in [0, 0.05) is 51.0 Å². The molecule has 0 radical (unpaired) electrons. The van der Waals surface area contributed by atoms with Crippen LogP contribution in [0.4, 0.5) is 5.69 Å². The van der Waals surface area contributed by atoms with Crippen LogP contribution >= 0.6 is 0 Å². The van der Waals surface area contributed by atoms with Crippen LogP contribution in [0.5, 0.6) is 5.75 Å². The molecule has 0 aromatic heterocycles. The summed E-state index contributed by atoms with van der Waals surface area (Å²) in [5.74, 6) is 0.933. The molecule has 2 fully saturated rings. The lowest BCUT2D eigenvalue weighted by Gasteiger charge is -2.31. The summed E-state index contributed by atoms with van der Waals surface area (Å²) >= 11 is 0. The van der Waals surface area contributed by atoms with Crippen molar-refractivity contribution in [2.24, 2.45) is 0 Å². The molecule has 1 aromatic carbocycles. The molecule has 2 aliphatic heterocycles. The number of morpholine rings is 1. The Labute approximate surface area is 126 Å². The van der Waals surface area contributed by atoms with Gasteiger partial charge >= 0.3 is 0 Å². The smallest absolute Gasteiger partial charge is 0.121 e. The fourth-order valence-electron chi connectivity index (χ4n) is 2.85. The van der Waals surface area contributed by atoms with Crippen LogP contribution in [0, 0.1) is 0 Å². The molecule has 5 heteroatoms. The van der Waals surface area contributed by atoms with Gasteiger partial charge in [0.1, 0.15) is 18.5 Å². The normalized spacial score (nSPS) is 24.0. The number of nitrogens with one attached hydrogen (secondary N) is 1. The van der Waals surface area contributed by atoms with Crippen molar-refractivity contribution in [1.29, 1.82) is 0 Å². The topological polar surface area (TPSA) is 37.0 Å². The van der Waals surface area contributed by atoms with Gasteiger partial charge in [0.05, 0.1) is 6.61 Å². The van der Waals surface area contributed by atoms with E-state index < -0.39 is 0 Å². The van der Waals surface area contributed by atoms with E-state index in [9.17, 15) is 0 Å². The zero-order valence-electron chi connectivity index (χ0n) is 12.8. The predicted octanol–water partition coefficient (Wildman–Crippen LogP) is 0.806. The minimum Gasteiger partial charge on any atom is -0.491 e. The fraction of sp³-hybridized carbons (Fsp3) is 0.625. The number of anilines is 1. The molecule has 0 aliphatic carbocycles. The Morgan fingerprint density at radius 3 is 2.95 bits per heavy atom. The third kappa shape index (κ3) is 4.09. The molecule has 2 heterocycles. The van der Waals surface area contributed by atoms with Gasteiger partial charge < -0.3 is 24.6 Å². The van der Waals surface area contributed by atoms with E-state index in [2.05, 4.69) is 40.4 Å². The monoisotopic (exact) mass is 291 g/mol. The number of nitrogens with zero attached hydrogens (tertiary/aromatic N) is 2. The van der Waals surface area contributed by atoms with Gasteiger partial charge in [-0.05, 0) is 19.2 Å². The average molecular weight is 291 g/mol. The number of piperazine rings is 1. The zero-order chi connectivity index (χ0) is 14.5. The van der Waals surface area contributed by atoms with Crippen LogP contribution in [0.3, 0.4) is 0 Å². The minimum atomic E-state index is 0.173. The van der Waals surface area contributed by atoms with Gasteiger partial charge in [0.2, 0.25) is 0 Å². The predicted molar refractivity (Wildman–Crippen MR) is 84.3 cm³/mol. The molecular weight excluding hydrogens is 266 g/mol. The third-order valence-electron chi connectivity index (χ3n) is 4.08. The highest BCUT2D eigenvalue weighted by Crippen LogP contribution is 2.22. The Bertz CT molecular complexity index is 449. The van der Waals surface area contributed by atoms with E-state index >= 15 is 0 Å². The van der Waals surface area contributed by atoms with E-state index in [1.807, 2.05) is 6.07 Å². The van der Waals surface area contributed by atoms with Gasteiger partial charge in [0.15, 0.2) is 0 Å². The Morgan fingerprint density at radius 1 is 1.29 bits per heavy atom. The van der Waals surface area contributed by atoms with Crippen LogP contribution < -0.4 is 15.0 Å². The van der Waals surface area contributed by atoms with Gasteiger partial charge in [-0.25, -0.2) is 0 Å². The van der Waals surface area contributed by atoms with Crippen LogP contribution in [-0.2, 0) is 4.74 Å². The summed E-state index contributed by atoms with van der Waals surface area (Å²) in [7, 11) is 2.13. The molecule has 0 amide bonds. The molecular formula is C16H25N3O2. The van der Waals surface area contributed by atoms with E-state index in [1.165, 1.54) is 5.69 Å². The van der Waals surface area contributed by atoms with Gasteiger partial charge in [-0.2, -0.15) is 0 Å². The molecule has 0 bridgehead atoms. The highest BCUT2D eigenvalue weighted by atomic mass is 16.5. The molecule has 1 unspecified atom stereocenters. The summed E-state index contributed by atoms with van der Waals surface area (Å²) in [6.07, 6.45) is 0.173. The van der Waals surface area contributed by atoms with E-state index in [-0.39, 0.29) is 6.10 Å². The van der Waals surface area contributed by atoms with Crippen molar-refractivity contribution in [2.45, 2.75) is 6.10 Å².